The van der Waals surface area contributed by atoms with Crippen molar-refractivity contribution in [2.24, 2.45) is 5.92 Å². The fourth-order valence-corrected chi connectivity index (χ4v) is 3.90. The minimum atomic E-state index is -0.672. The highest BCUT2D eigenvalue weighted by molar-refractivity contribution is 6.31. The van der Waals surface area contributed by atoms with E-state index in [0.717, 1.165) is 42.0 Å². The van der Waals surface area contributed by atoms with E-state index in [1.54, 1.807) is 0 Å². The Hall–Kier alpha value is -2.00. The van der Waals surface area contributed by atoms with Crippen molar-refractivity contribution in [1.29, 1.82) is 0 Å². The summed E-state index contributed by atoms with van der Waals surface area (Å²) >= 11 is 6.18. The number of aliphatic carboxylic acids is 1. The van der Waals surface area contributed by atoms with Gasteiger partial charge in [-0.05, 0) is 73.4 Å². The molecular weight excluding hydrogens is 382 g/mol. The van der Waals surface area contributed by atoms with Crippen molar-refractivity contribution < 1.29 is 9.90 Å². The van der Waals surface area contributed by atoms with E-state index in [1.807, 2.05) is 19.9 Å². The molecule has 0 aliphatic carbocycles. The van der Waals surface area contributed by atoms with Gasteiger partial charge >= 0.3 is 5.97 Å². The van der Waals surface area contributed by atoms with Crippen molar-refractivity contribution in [2.45, 2.75) is 71.8 Å². The lowest BCUT2D eigenvalue weighted by Gasteiger charge is -2.21. The van der Waals surface area contributed by atoms with E-state index in [1.165, 1.54) is 11.1 Å². The van der Waals surface area contributed by atoms with Crippen LogP contribution in [0.5, 0.6) is 0 Å². The molecule has 0 aromatic heterocycles. The minimum absolute atomic E-state index is 0.219. The lowest BCUT2D eigenvalue weighted by molar-refractivity contribution is -0.142. The number of hydrogen-bond donors (Lipinski definition) is 2. The number of carboxylic acids is 1. The van der Waals surface area contributed by atoms with Gasteiger partial charge in [0, 0.05) is 10.7 Å². The Morgan fingerprint density at radius 2 is 1.83 bits per heavy atom. The number of carboxylic acid groups (broad SMARTS) is 1. The maximum Gasteiger partial charge on any atom is 0.306 e. The average molecular weight is 416 g/mol. The van der Waals surface area contributed by atoms with Gasteiger partial charge in [0.2, 0.25) is 0 Å². The summed E-state index contributed by atoms with van der Waals surface area (Å²) in [5, 5.41) is 13.7. The lowest BCUT2D eigenvalue weighted by atomic mass is 9.91. The molecule has 3 atom stereocenters. The second kappa shape index (κ2) is 11.3. The van der Waals surface area contributed by atoms with Crippen LogP contribution in [0.25, 0.3) is 0 Å². The number of halogens is 1. The third-order valence-corrected chi connectivity index (χ3v) is 6.25. The fraction of sp³-hybridized carbons (Fsp3) is 0.480. The van der Waals surface area contributed by atoms with Crippen LogP contribution in [0.15, 0.2) is 42.5 Å². The molecule has 0 saturated carbocycles. The number of carbonyl (C=O) groups is 1. The zero-order valence-corrected chi connectivity index (χ0v) is 18.8. The van der Waals surface area contributed by atoms with Gasteiger partial charge < -0.3 is 10.4 Å². The van der Waals surface area contributed by atoms with Gasteiger partial charge in [0.25, 0.3) is 0 Å². The summed E-state index contributed by atoms with van der Waals surface area (Å²) in [6.45, 7) is 8.39. The molecule has 0 heterocycles. The topological polar surface area (TPSA) is 49.3 Å². The van der Waals surface area contributed by atoms with Crippen LogP contribution in [0.3, 0.4) is 0 Å². The Bertz CT molecular complexity index is 805. The van der Waals surface area contributed by atoms with Gasteiger partial charge in [-0.15, -0.1) is 0 Å². The standard InChI is InChI=1S/C25H34ClNO2/c1-5-19(25(28)29)10-7-9-17(3)20-11-8-12-22(16-20)27-24(6-2)21-13-14-23(26)18(4)15-21/h8,11-17,19,24,27H,5-7,9-10H2,1-4H3,(H,28,29)/t17?,19?,24-/m1/s1. The molecule has 29 heavy (non-hydrogen) atoms. The molecule has 4 heteroatoms. The van der Waals surface area contributed by atoms with Crippen LogP contribution in [0.2, 0.25) is 5.02 Å². The molecule has 2 N–H and O–H groups in total. The molecule has 0 aliphatic heterocycles. The summed E-state index contributed by atoms with van der Waals surface area (Å²) in [5.74, 6) is -0.487. The Kier molecular flexibility index (Phi) is 9.03. The van der Waals surface area contributed by atoms with Crippen molar-refractivity contribution in [2.75, 3.05) is 5.32 Å². The number of aryl methyl sites for hydroxylation is 1. The molecule has 0 saturated heterocycles. The first-order valence-electron chi connectivity index (χ1n) is 10.7. The third-order valence-electron chi connectivity index (χ3n) is 5.82. The zero-order valence-electron chi connectivity index (χ0n) is 18.0. The quantitative estimate of drug-likeness (QED) is 0.397. The van der Waals surface area contributed by atoms with E-state index in [2.05, 4.69) is 55.6 Å². The molecule has 0 spiro atoms. The Labute approximate surface area is 180 Å². The van der Waals surface area contributed by atoms with Crippen LogP contribution >= 0.6 is 11.6 Å². The maximum absolute atomic E-state index is 11.2. The summed E-state index contributed by atoms with van der Waals surface area (Å²) in [4.78, 5) is 11.2. The van der Waals surface area contributed by atoms with Crippen LogP contribution in [0, 0.1) is 12.8 Å². The normalized spacial score (nSPS) is 14.2. The maximum atomic E-state index is 11.2. The summed E-state index contributed by atoms with van der Waals surface area (Å²) in [6, 6.07) is 15.0. The lowest BCUT2D eigenvalue weighted by Crippen LogP contribution is -2.12. The van der Waals surface area contributed by atoms with Crippen LogP contribution in [0.1, 0.15) is 81.5 Å². The monoisotopic (exact) mass is 415 g/mol. The van der Waals surface area contributed by atoms with E-state index in [9.17, 15) is 9.90 Å². The first-order valence-corrected chi connectivity index (χ1v) is 11.1. The molecule has 0 bridgehead atoms. The molecule has 2 rings (SSSR count). The average Bonchev–Trinajstić information content (AvgIpc) is 2.71. The van der Waals surface area contributed by atoms with E-state index in [-0.39, 0.29) is 12.0 Å². The molecule has 2 aromatic carbocycles. The fourth-order valence-electron chi connectivity index (χ4n) is 3.78. The van der Waals surface area contributed by atoms with Gasteiger partial charge in [0.05, 0.1) is 12.0 Å². The summed E-state index contributed by atoms with van der Waals surface area (Å²) in [6.07, 6.45) is 4.37. The van der Waals surface area contributed by atoms with E-state index >= 15 is 0 Å². The van der Waals surface area contributed by atoms with Crippen LogP contribution in [-0.2, 0) is 4.79 Å². The minimum Gasteiger partial charge on any atom is -0.481 e. The largest absolute Gasteiger partial charge is 0.481 e. The van der Waals surface area contributed by atoms with Crippen molar-refractivity contribution >= 4 is 23.3 Å². The molecule has 0 radical (unpaired) electrons. The molecule has 2 unspecified atom stereocenters. The van der Waals surface area contributed by atoms with E-state index < -0.39 is 5.97 Å². The second-order valence-electron chi connectivity index (χ2n) is 8.01. The molecule has 0 aliphatic rings. The first-order chi connectivity index (χ1) is 13.8. The van der Waals surface area contributed by atoms with Crippen molar-refractivity contribution in [3.8, 4) is 0 Å². The first kappa shape index (κ1) is 23.3. The molecule has 0 amide bonds. The Morgan fingerprint density at radius 1 is 1.07 bits per heavy atom. The highest BCUT2D eigenvalue weighted by Gasteiger charge is 2.16. The van der Waals surface area contributed by atoms with E-state index in [0.29, 0.717) is 12.3 Å². The second-order valence-corrected chi connectivity index (χ2v) is 8.42. The smallest absolute Gasteiger partial charge is 0.306 e. The number of hydrogen-bond acceptors (Lipinski definition) is 2. The zero-order chi connectivity index (χ0) is 21.4. The summed E-state index contributed by atoms with van der Waals surface area (Å²) in [5.41, 5.74) is 4.75. The molecule has 3 nitrogen and oxygen atoms in total. The molecular formula is C25H34ClNO2. The van der Waals surface area contributed by atoms with Crippen LogP contribution in [-0.4, -0.2) is 11.1 Å². The Morgan fingerprint density at radius 3 is 2.45 bits per heavy atom. The highest BCUT2D eigenvalue weighted by Crippen LogP contribution is 2.29. The van der Waals surface area contributed by atoms with Crippen molar-refractivity contribution in [1.82, 2.24) is 0 Å². The summed E-state index contributed by atoms with van der Waals surface area (Å²) < 4.78 is 0. The highest BCUT2D eigenvalue weighted by atomic mass is 35.5. The predicted octanol–water partition coefficient (Wildman–Crippen LogP) is 7.60. The van der Waals surface area contributed by atoms with Crippen LogP contribution < -0.4 is 5.32 Å². The van der Waals surface area contributed by atoms with Crippen LogP contribution in [0.4, 0.5) is 5.69 Å². The van der Waals surface area contributed by atoms with Gasteiger partial charge in [0.15, 0.2) is 0 Å². The molecule has 0 fully saturated rings. The van der Waals surface area contributed by atoms with Gasteiger partial charge in [0.1, 0.15) is 0 Å². The van der Waals surface area contributed by atoms with Gasteiger partial charge in [-0.3, -0.25) is 4.79 Å². The number of rotatable bonds is 11. The third kappa shape index (κ3) is 6.78. The Balaban J connectivity index is 2.01. The predicted molar refractivity (Wildman–Crippen MR) is 123 cm³/mol. The summed E-state index contributed by atoms with van der Waals surface area (Å²) in [7, 11) is 0. The molecule has 158 valence electrons. The van der Waals surface area contributed by atoms with Crippen molar-refractivity contribution in [3.05, 3.63) is 64.2 Å². The number of anilines is 1. The van der Waals surface area contributed by atoms with Gasteiger partial charge in [-0.1, -0.05) is 63.1 Å². The van der Waals surface area contributed by atoms with E-state index in [4.69, 9.17) is 11.6 Å². The number of benzene rings is 2. The molecule has 2 aromatic rings. The van der Waals surface area contributed by atoms with Gasteiger partial charge in [-0.2, -0.15) is 0 Å². The van der Waals surface area contributed by atoms with Gasteiger partial charge in [-0.25, -0.2) is 0 Å². The number of nitrogens with one attached hydrogen (secondary N) is 1. The van der Waals surface area contributed by atoms with Crippen molar-refractivity contribution in [3.63, 3.8) is 0 Å². The SMILES string of the molecule is CCC(CCCC(C)c1cccc(N[C@H](CC)c2ccc(Cl)c(C)c2)c1)C(=O)O.